The molecule has 2 aromatic rings. The number of benzene rings is 1. The lowest BCUT2D eigenvalue weighted by atomic mass is 9.96. The summed E-state index contributed by atoms with van der Waals surface area (Å²) in [5.74, 6) is -2.20. The highest BCUT2D eigenvalue weighted by molar-refractivity contribution is 5.96. The van der Waals surface area contributed by atoms with E-state index in [4.69, 9.17) is 4.42 Å². The van der Waals surface area contributed by atoms with E-state index < -0.39 is 11.7 Å². The first-order valence-electron chi connectivity index (χ1n) is 8.22. The molecule has 0 unspecified atom stereocenters. The number of piperidine rings is 1. The predicted molar refractivity (Wildman–Crippen MR) is 89.3 cm³/mol. The Balaban J connectivity index is 1.47. The van der Waals surface area contributed by atoms with Gasteiger partial charge in [0.05, 0.1) is 17.4 Å². The van der Waals surface area contributed by atoms with Gasteiger partial charge in [-0.3, -0.25) is 25.2 Å². The van der Waals surface area contributed by atoms with Crippen LogP contribution in [0.5, 0.6) is 0 Å². The Bertz CT molecular complexity index is 799. The van der Waals surface area contributed by atoms with Gasteiger partial charge in [-0.15, -0.1) is 0 Å². The summed E-state index contributed by atoms with van der Waals surface area (Å²) in [6.45, 7) is 0.868. The molecule has 1 fully saturated rings. The standard InChI is InChI=1S/C18H18FN3O4/c19-15-4-2-1-3-14(15)17(24)21-20-16(23)12-5-8-22(9-6-12)18(25)13-7-10-26-11-13/h1-4,7,10-12H,5-6,8-9H2,(H,20,23)(H,21,24). The number of nitrogens with one attached hydrogen (secondary N) is 2. The summed E-state index contributed by atoms with van der Waals surface area (Å²) in [6, 6.07) is 7.11. The van der Waals surface area contributed by atoms with E-state index in [1.165, 1.54) is 36.8 Å². The smallest absolute Gasteiger partial charge is 0.272 e. The van der Waals surface area contributed by atoms with E-state index in [0.29, 0.717) is 31.5 Å². The van der Waals surface area contributed by atoms with Crippen LogP contribution in [0.1, 0.15) is 33.6 Å². The van der Waals surface area contributed by atoms with Crippen molar-refractivity contribution in [2.75, 3.05) is 13.1 Å². The number of furan rings is 1. The highest BCUT2D eigenvalue weighted by Crippen LogP contribution is 2.19. The van der Waals surface area contributed by atoms with Crippen molar-refractivity contribution < 1.29 is 23.2 Å². The number of carbonyl (C=O) groups is 3. The first-order valence-corrected chi connectivity index (χ1v) is 8.22. The van der Waals surface area contributed by atoms with E-state index in [-0.39, 0.29) is 23.3 Å². The number of likely N-dealkylation sites (tertiary alicyclic amines) is 1. The van der Waals surface area contributed by atoms with Crippen LogP contribution in [0.3, 0.4) is 0 Å². The predicted octanol–water partition coefficient (Wildman–Crippen LogP) is 1.73. The maximum absolute atomic E-state index is 13.5. The Morgan fingerprint density at radius 2 is 1.81 bits per heavy atom. The molecule has 0 radical (unpaired) electrons. The van der Waals surface area contributed by atoms with E-state index >= 15 is 0 Å². The fourth-order valence-corrected chi connectivity index (χ4v) is 2.85. The number of amides is 3. The van der Waals surface area contributed by atoms with Gasteiger partial charge in [-0.25, -0.2) is 4.39 Å². The summed E-state index contributed by atoms with van der Waals surface area (Å²) in [4.78, 5) is 38.0. The molecule has 0 atom stereocenters. The Hall–Kier alpha value is -3.16. The van der Waals surface area contributed by atoms with Crippen molar-refractivity contribution in [3.05, 3.63) is 59.8 Å². The molecular weight excluding hydrogens is 341 g/mol. The zero-order chi connectivity index (χ0) is 18.5. The number of carbonyl (C=O) groups excluding carboxylic acids is 3. The molecule has 3 amide bonds. The van der Waals surface area contributed by atoms with Crippen molar-refractivity contribution in [3.8, 4) is 0 Å². The second-order valence-electron chi connectivity index (χ2n) is 6.00. The minimum Gasteiger partial charge on any atom is -0.472 e. The van der Waals surface area contributed by atoms with Crippen molar-refractivity contribution >= 4 is 17.7 Å². The molecule has 1 aromatic heterocycles. The van der Waals surface area contributed by atoms with E-state index in [1.54, 1.807) is 11.0 Å². The topological polar surface area (TPSA) is 91.7 Å². The van der Waals surface area contributed by atoms with Crippen molar-refractivity contribution in [3.63, 3.8) is 0 Å². The first-order chi connectivity index (χ1) is 12.6. The van der Waals surface area contributed by atoms with Crippen molar-refractivity contribution in [1.29, 1.82) is 0 Å². The van der Waals surface area contributed by atoms with Gasteiger partial charge in [-0.1, -0.05) is 12.1 Å². The quantitative estimate of drug-likeness (QED) is 0.817. The molecule has 1 aromatic carbocycles. The fraction of sp³-hybridized carbons (Fsp3) is 0.278. The molecule has 26 heavy (non-hydrogen) atoms. The third-order valence-corrected chi connectivity index (χ3v) is 4.34. The highest BCUT2D eigenvalue weighted by Gasteiger charge is 2.28. The van der Waals surface area contributed by atoms with E-state index in [1.807, 2.05) is 0 Å². The number of rotatable bonds is 3. The normalized spacial score (nSPS) is 14.7. The van der Waals surface area contributed by atoms with Crippen LogP contribution in [-0.4, -0.2) is 35.7 Å². The second-order valence-corrected chi connectivity index (χ2v) is 6.00. The van der Waals surface area contributed by atoms with E-state index in [9.17, 15) is 18.8 Å². The van der Waals surface area contributed by atoms with Gasteiger partial charge >= 0.3 is 0 Å². The van der Waals surface area contributed by atoms with E-state index in [0.717, 1.165) is 0 Å². The summed E-state index contributed by atoms with van der Waals surface area (Å²) >= 11 is 0. The summed E-state index contributed by atoms with van der Waals surface area (Å²) in [5, 5.41) is 0. The third kappa shape index (κ3) is 3.90. The Morgan fingerprint density at radius 3 is 2.46 bits per heavy atom. The van der Waals surface area contributed by atoms with Gasteiger partial charge in [0.25, 0.3) is 11.8 Å². The van der Waals surface area contributed by atoms with Gasteiger partial charge < -0.3 is 9.32 Å². The third-order valence-electron chi connectivity index (χ3n) is 4.34. The monoisotopic (exact) mass is 359 g/mol. The van der Waals surface area contributed by atoms with Crippen LogP contribution in [0, 0.1) is 11.7 Å². The molecule has 1 saturated heterocycles. The lowest BCUT2D eigenvalue weighted by molar-refractivity contribution is -0.127. The van der Waals surface area contributed by atoms with Gasteiger partial charge in [0.2, 0.25) is 5.91 Å². The van der Waals surface area contributed by atoms with Crippen LogP contribution >= 0.6 is 0 Å². The molecule has 2 N–H and O–H groups in total. The van der Waals surface area contributed by atoms with Crippen LogP contribution in [0.25, 0.3) is 0 Å². The van der Waals surface area contributed by atoms with Crippen LogP contribution < -0.4 is 10.9 Å². The van der Waals surface area contributed by atoms with Crippen LogP contribution in [0.4, 0.5) is 4.39 Å². The van der Waals surface area contributed by atoms with Crippen LogP contribution in [-0.2, 0) is 4.79 Å². The molecule has 1 aliphatic rings. The molecular formula is C18H18FN3O4. The molecule has 1 aliphatic heterocycles. The summed E-state index contributed by atoms with van der Waals surface area (Å²) in [6.07, 6.45) is 3.78. The van der Waals surface area contributed by atoms with Gasteiger partial charge in [0, 0.05) is 19.0 Å². The average molecular weight is 359 g/mol. The molecule has 136 valence electrons. The molecule has 7 nitrogen and oxygen atoms in total. The largest absolute Gasteiger partial charge is 0.472 e. The number of hydrogen-bond acceptors (Lipinski definition) is 4. The lowest BCUT2D eigenvalue weighted by Crippen LogP contribution is -2.48. The number of halogens is 1. The maximum Gasteiger partial charge on any atom is 0.272 e. The molecule has 0 saturated carbocycles. The second kappa shape index (κ2) is 7.81. The van der Waals surface area contributed by atoms with Crippen LogP contribution in [0.15, 0.2) is 47.3 Å². The van der Waals surface area contributed by atoms with Crippen molar-refractivity contribution in [2.24, 2.45) is 5.92 Å². The van der Waals surface area contributed by atoms with Crippen molar-refractivity contribution in [1.82, 2.24) is 15.8 Å². The molecule has 2 heterocycles. The van der Waals surface area contributed by atoms with Gasteiger partial charge in [-0.2, -0.15) is 0 Å². The average Bonchev–Trinajstić information content (AvgIpc) is 3.20. The minimum absolute atomic E-state index is 0.134. The Morgan fingerprint density at radius 1 is 1.08 bits per heavy atom. The zero-order valence-electron chi connectivity index (χ0n) is 13.9. The molecule has 0 aliphatic carbocycles. The maximum atomic E-state index is 13.5. The molecule has 0 spiro atoms. The number of nitrogens with zero attached hydrogens (tertiary/aromatic N) is 1. The van der Waals surface area contributed by atoms with Crippen molar-refractivity contribution in [2.45, 2.75) is 12.8 Å². The highest BCUT2D eigenvalue weighted by atomic mass is 19.1. The minimum atomic E-state index is -0.718. The van der Waals surface area contributed by atoms with E-state index in [2.05, 4.69) is 10.9 Å². The van der Waals surface area contributed by atoms with Gasteiger partial charge in [-0.05, 0) is 31.0 Å². The first kappa shape index (κ1) is 17.7. The Labute approximate surface area is 149 Å². The lowest BCUT2D eigenvalue weighted by Gasteiger charge is -2.31. The summed E-state index contributed by atoms with van der Waals surface area (Å²) in [7, 11) is 0. The summed E-state index contributed by atoms with van der Waals surface area (Å²) in [5.41, 5.74) is 4.88. The Kier molecular flexibility index (Phi) is 5.31. The van der Waals surface area contributed by atoms with Gasteiger partial charge in [0.1, 0.15) is 12.1 Å². The SMILES string of the molecule is O=C(NNC(=O)C1CCN(C(=O)c2ccoc2)CC1)c1ccccc1F. The zero-order valence-corrected chi connectivity index (χ0v) is 13.9. The fourth-order valence-electron chi connectivity index (χ4n) is 2.85. The summed E-state index contributed by atoms with van der Waals surface area (Å²) < 4.78 is 18.4. The molecule has 3 rings (SSSR count). The molecule has 8 heteroatoms. The number of hydrazine groups is 1. The van der Waals surface area contributed by atoms with Gasteiger partial charge in [0.15, 0.2) is 0 Å². The van der Waals surface area contributed by atoms with Crippen LogP contribution in [0.2, 0.25) is 0 Å². The number of hydrogen-bond donors (Lipinski definition) is 2. The molecule has 0 bridgehead atoms.